The normalized spacial score (nSPS) is 23.4. The van der Waals surface area contributed by atoms with Crippen LogP contribution in [0.4, 0.5) is 0 Å². The Morgan fingerprint density at radius 2 is 1.57 bits per heavy atom. The van der Waals surface area contributed by atoms with Crippen molar-refractivity contribution < 1.29 is 34.1 Å². The van der Waals surface area contributed by atoms with Gasteiger partial charge in [0.2, 0.25) is 11.7 Å². The summed E-state index contributed by atoms with van der Waals surface area (Å²) < 4.78 is 21.6. The summed E-state index contributed by atoms with van der Waals surface area (Å²) in [5, 5.41) is 27.3. The number of unbranched alkanes of at least 4 members (excludes halogenated alkanes) is 2. The molecule has 5 aromatic carbocycles. The van der Waals surface area contributed by atoms with E-state index in [9.17, 15) is 10.2 Å². The third kappa shape index (κ3) is 10.6. The smallest absolute Gasteiger partial charge is 0.239 e. The molecule has 1 heterocycles. The molecule has 0 aromatic heterocycles. The highest BCUT2D eigenvalue weighted by Crippen LogP contribution is 2.62. The van der Waals surface area contributed by atoms with Crippen LogP contribution in [-0.2, 0) is 20.9 Å². The van der Waals surface area contributed by atoms with E-state index in [0.29, 0.717) is 56.3 Å². The fourth-order valence-electron chi connectivity index (χ4n) is 12.1. The van der Waals surface area contributed by atoms with Gasteiger partial charge in [-0.1, -0.05) is 141 Å². The Bertz CT molecular complexity index is 2560. The third-order valence-electron chi connectivity index (χ3n) is 15.3. The number of benzene rings is 5. The predicted molar refractivity (Wildman–Crippen MR) is 274 cm³/mol. The summed E-state index contributed by atoms with van der Waals surface area (Å²) in [7, 11) is 0. The molecule has 4 aliphatic rings. The van der Waals surface area contributed by atoms with Gasteiger partial charge in [0.1, 0.15) is 29.9 Å². The van der Waals surface area contributed by atoms with E-state index in [-0.39, 0.29) is 43.5 Å². The summed E-state index contributed by atoms with van der Waals surface area (Å²) in [6.07, 6.45) is 15.4. The first-order valence-corrected chi connectivity index (χ1v) is 25.7. The Morgan fingerprint density at radius 3 is 2.33 bits per heavy atom. The van der Waals surface area contributed by atoms with Crippen LogP contribution in [0.5, 0.6) is 17.2 Å². The van der Waals surface area contributed by atoms with Gasteiger partial charge in [-0.2, -0.15) is 0 Å². The van der Waals surface area contributed by atoms with Crippen molar-refractivity contribution in [3.05, 3.63) is 151 Å². The Balaban J connectivity index is 1.21. The first-order chi connectivity index (χ1) is 33.9. The minimum absolute atomic E-state index is 0.0785. The van der Waals surface area contributed by atoms with Crippen molar-refractivity contribution >= 4 is 22.4 Å². The molecular formula is C60H70N2O7. The van der Waals surface area contributed by atoms with Gasteiger partial charge in [-0.15, -0.1) is 6.58 Å². The van der Waals surface area contributed by atoms with E-state index in [1.165, 1.54) is 12.8 Å². The van der Waals surface area contributed by atoms with E-state index >= 15 is 4.79 Å². The minimum atomic E-state index is -1.35. The van der Waals surface area contributed by atoms with Gasteiger partial charge in [0.15, 0.2) is 0 Å². The molecule has 3 aliphatic carbocycles. The zero-order valence-electron chi connectivity index (χ0n) is 40.4. The number of ether oxygens (including phenoxy) is 3. The Labute approximate surface area is 408 Å². The number of hydrogen-bond donors (Lipinski definition) is 2. The second-order valence-electron chi connectivity index (χ2n) is 19.5. The number of nitrogens with zero attached hydrogens (tertiary/aromatic N) is 2. The van der Waals surface area contributed by atoms with E-state index in [2.05, 4.69) is 90.4 Å². The topological polar surface area (TPSA) is 110 Å². The maximum absolute atomic E-state index is 15.4. The van der Waals surface area contributed by atoms with E-state index in [4.69, 9.17) is 24.2 Å². The third-order valence-corrected chi connectivity index (χ3v) is 15.3. The molecule has 1 aliphatic heterocycles. The lowest BCUT2D eigenvalue weighted by Crippen LogP contribution is -2.70. The van der Waals surface area contributed by atoms with E-state index < -0.39 is 17.7 Å². The maximum atomic E-state index is 15.4. The second kappa shape index (κ2) is 22.8. The molecule has 69 heavy (non-hydrogen) atoms. The highest BCUT2D eigenvalue weighted by atomic mass is 16.7. The van der Waals surface area contributed by atoms with Crippen molar-refractivity contribution in [1.29, 1.82) is 0 Å². The van der Waals surface area contributed by atoms with Gasteiger partial charge >= 0.3 is 0 Å². The summed E-state index contributed by atoms with van der Waals surface area (Å²) in [6, 6.07) is 38.8. The van der Waals surface area contributed by atoms with Gasteiger partial charge < -0.3 is 34.2 Å². The van der Waals surface area contributed by atoms with Crippen molar-refractivity contribution in [2.75, 3.05) is 26.4 Å². The summed E-state index contributed by atoms with van der Waals surface area (Å²) >= 11 is 0. The first kappa shape index (κ1) is 48.3. The lowest BCUT2D eigenvalue weighted by molar-refractivity contribution is -0.258. The minimum Gasteiger partial charge on any atom is -0.459 e. The highest BCUT2D eigenvalue weighted by molar-refractivity contribution is 6.03. The molecule has 2 saturated carbocycles. The monoisotopic (exact) mass is 931 g/mol. The fourth-order valence-corrected chi connectivity index (χ4v) is 12.1. The Hall–Kier alpha value is -5.74. The van der Waals surface area contributed by atoms with Crippen molar-refractivity contribution in [3.63, 3.8) is 0 Å². The molecule has 0 bridgehead atoms. The number of hydrogen-bond acceptors (Lipinski definition) is 8. The number of allylic oxidation sites excluding steroid dienone is 1. The van der Waals surface area contributed by atoms with Gasteiger partial charge in [0, 0.05) is 44.1 Å². The van der Waals surface area contributed by atoms with E-state index in [1.54, 1.807) is 6.08 Å². The molecule has 6 atom stereocenters. The van der Waals surface area contributed by atoms with Gasteiger partial charge in [0.25, 0.3) is 0 Å². The quantitative estimate of drug-likeness (QED) is 0.0404. The Kier molecular flexibility index (Phi) is 15.9. The number of aliphatic hydroxyl groups excluding tert-OH is 2. The molecule has 2 fully saturated rings. The van der Waals surface area contributed by atoms with Crippen molar-refractivity contribution in [2.45, 2.75) is 115 Å². The van der Waals surface area contributed by atoms with Crippen molar-refractivity contribution in [2.24, 2.45) is 28.8 Å². The molecule has 0 saturated heterocycles. The van der Waals surface area contributed by atoms with Crippen LogP contribution in [0.2, 0.25) is 0 Å². The summed E-state index contributed by atoms with van der Waals surface area (Å²) in [5.41, 5.74) is 6.17. The first-order valence-electron chi connectivity index (χ1n) is 25.7. The summed E-state index contributed by atoms with van der Waals surface area (Å²) in [4.78, 5) is 23.6. The number of carbonyl (C=O) groups excluding carboxylic acids is 1. The molecule has 0 unspecified atom stereocenters. The van der Waals surface area contributed by atoms with Crippen LogP contribution in [0, 0.1) is 23.7 Å². The molecule has 0 spiro atoms. The van der Waals surface area contributed by atoms with Crippen LogP contribution >= 0.6 is 0 Å². The number of oxime groups is 1. The van der Waals surface area contributed by atoms with E-state index in [0.717, 1.165) is 95.0 Å². The van der Waals surface area contributed by atoms with Crippen LogP contribution in [-0.4, -0.2) is 65.0 Å². The largest absolute Gasteiger partial charge is 0.459 e. The molecule has 9 rings (SSSR count). The van der Waals surface area contributed by atoms with E-state index in [1.807, 2.05) is 49.4 Å². The van der Waals surface area contributed by atoms with Gasteiger partial charge in [-0.3, -0.25) is 4.79 Å². The van der Waals surface area contributed by atoms with Crippen molar-refractivity contribution in [3.8, 4) is 28.4 Å². The molecule has 2 N–H and O–H groups in total. The van der Waals surface area contributed by atoms with Gasteiger partial charge in [0.05, 0.1) is 18.2 Å². The standard InChI is InChI=1S/C60H70N2O7/c1-3-37-66-60-56(62(57(65)34-27-42-17-8-9-18-42)41-47-24-16-23-45-21-10-11-25-50(45)47)40-54(61-67-4-2)52-38-46(22-12-14-35-63)51(26-13-15-36-64)58(59(52)60)53-39-49(32-33-55(53)69-60)68-48-30-28-44(29-31-48)43-19-6-5-7-20-43/h3,5-7,10-11,16,19-21,23-25,28-33,38-39,42,46,51,56,58-59,63-64H,1,4,8-9,12-15,17-18,22,26-27,34-37,40-41H2,2H3/t46-,51+,56-,58+,59+,60+/m0/s1. The molecule has 1 amide bonds. The van der Waals surface area contributed by atoms with Crippen molar-refractivity contribution in [1.82, 2.24) is 4.90 Å². The van der Waals surface area contributed by atoms with Gasteiger partial charge in [-0.05, 0) is 120 Å². The predicted octanol–water partition coefficient (Wildman–Crippen LogP) is 13.0. The number of rotatable bonds is 22. The number of aliphatic hydroxyl groups is 2. The molecular weight excluding hydrogens is 861 g/mol. The molecule has 5 aromatic rings. The summed E-state index contributed by atoms with van der Waals surface area (Å²) in [5.74, 6) is 1.03. The molecule has 9 heteroatoms. The number of amides is 1. The second-order valence-corrected chi connectivity index (χ2v) is 19.5. The lowest BCUT2D eigenvalue weighted by Gasteiger charge is -2.60. The number of fused-ring (bicyclic) bond motifs is 3. The maximum Gasteiger partial charge on any atom is 0.239 e. The van der Waals surface area contributed by atoms with Crippen LogP contribution in [0.15, 0.2) is 145 Å². The Morgan fingerprint density at radius 1 is 0.841 bits per heavy atom. The molecule has 9 nitrogen and oxygen atoms in total. The zero-order chi connectivity index (χ0) is 47.6. The summed E-state index contributed by atoms with van der Waals surface area (Å²) in [6.45, 7) is 7.30. The van der Waals surface area contributed by atoms with Gasteiger partial charge in [-0.25, -0.2) is 0 Å². The van der Waals surface area contributed by atoms with Crippen LogP contribution in [0.3, 0.4) is 0 Å². The zero-order valence-corrected chi connectivity index (χ0v) is 40.4. The SMILES string of the molecule is C=CCO[C@@]12Oc3ccc(Oc4ccc(-c5ccccc5)cc4)cc3[C@H]3[C@H](CCCCO)[C@@H](CCCCO)C=C(C(=NOCC)C[C@@H]1N(Cc1cccc4ccccc14)C(=O)CCC1CCCC1)[C@H]32. The lowest BCUT2D eigenvalue weighted by atomic mass is 9.55. The van der Waals surface area contributed by atoms with Crippen LogP contribution in [0.1, 0.15) is 107 Å². The average molecular weight is 931 g/mol. The van der Waals surface area contributed by atoms with Crippen LogP contribution < -0.4 is 9.47 Å². The highest BCUT2D eigenvalue weighted by Gasteiger charge is 2.65. The molecule has 362 valence electrons. The fraction of sp³-hybridized carbons (Fsp3) is 0.433. The molecule has 0 radical (unpaired) electrons. The average Bonchev–Trinajstić information content (AvgIpc) is 3.92. The van der Waals surface area contributed by atoms with Crippen LogP contribution in [0.25, 0.3) is 21.9 Å². The number of carbonyl (C=O) groups is 1.